The molecule has 168 valence electrons. The van der Waals surface area contributed by atoms with Crippen LogP contribution in [0.1, 0.15) is 24.5 Å². The molecular formula is C24H28N4O3S. The number of carbonyl (C=O) groups is 1. The normalized spacial score (nSPS) is 24.3. The molecular weight excluding hydrogens is 424 g/mol. The van der Waals surface area contributed by atoms with Crippen molar-refractivity contribution < 1.29 is 14.3 Å². The highest BCUT2D eigenvalue weighted by atomic mass is 32.1. The van der Waals surface area contributed by atoms with Crippen LogP contribution in [0.2, 0.25) is 0 Å². The number of anilines is 1. The largest absolute Gasteiger partial charge is 0.497 e. The van der Waals surface area contributed by atoms with Crippen LogP contribution in [0.15, 0.2) is 47.8 Å². The quantitative estimate of drug-likeness (QED) is 0.593. The van der Waals surface area contributed by atoms with Gasteiger partial charge in [-0.05, 0) is 67.1 Å². The average Bonchev–Trinajstić information content (AvgIpc) is 3.48. The van der Waals surface area contributed by atoms with Crippen molar-refractivity contribution in [3.05, 3.63) is 53.5 Å². The van der Waals surface area contributed by atoms with E-state index in [1.807, 2.05) is 19.2 Å². The van der Waals surface area contributed by atoms with Crippen LogP contribution in [-0.2, 0) is 11.8 Å². The van der Waals surface area contributed by atoms with E-state index in [1.165, 1.54) is 17.0 Å². The van der Waals surface area contributed by atoms with E-state index in [9.17, 15) is 4.79 Å². The number of nitrogens with zero attached hydrogens (tertiary/aromatic N) is 3. The first kappa shape index (κ1) is 21.0. The molecule has 5 heterocycles. The number of fused-ring (bicyclic) bond motifs is 3. The molecule has 7 nitrogen and oxygen atoms in total. The Morgan fingerprint density at radius 1 is 1.28 bits per heavy atom. The molecule has 4 atom stereocenters. The molecule has 0 saturated carbocycles. The molecule has 6 rings (SSSR count). The van der Waals surface area contributed by atoms with Crippen LogP contribution in [-0.4, -0.2) is 53.6 Å². The van der Waals surface area contributed by atoms with Crippen LogP contribution >= 0.6 is 11.3 Å². The summed E-state index contributed by atoms with van der Waals surface area (Å²) >= 11 is 1.73. The fourth-order valence-corrected chi connectivity index (χ4v) is 5.70. The fourth-order valence-electron chi connectivity index (χ4n) is 5.02. The minimum atomic E-state index is -0.415. The molecule has 0 radical (unpaired) electrons. The molecule has 2 bridgehead atoms. The zero-order valence-electron chi connectivity index (χ0n) is 18.4. The summed E-state index contributed by atoms with van der Waals surface area (Å²) in [6.07, 6.45) is 1.81. The number of thiophene rings is 1. The Balaban J connectivity index is 1.18. The highest BCUT2D eigenvalue weighted by molar-refractivity contribution is 7.13. The van der Waals surface area contributed by atoms with Gasteiger partial charge in [-0.1, -0.05) is 6.07 Å². The summed E-state index contributed by atoms with van der Waals surface area (Å²) in [4.78, 5) is 16.0. The number of rotatable bonds is 6. The molecule has 1 aromatic carbocycles. The van der Waals surface area contributed by atoms with Crippen LogP contribution in [0, 0.1) is 5.92 Å². The second kappa shape index (κ2) is 8.96. The summed E-state index contributed by atoms with van der Waals surface area (Å²) < 4.78 is 12.8. The van der Waals surface area contributed by atoms with Crippen molar-refractivity contribution in [3.8, 4) is 16.3 Å². The molecule has 1 amide bonds. The summed E-state index contributed by atoms with van der Waals surface area (Å²) in [5, 5.41) is 9.64. The van der Waals surface area contributed by atoms with Gasteiger partial charge in [-0.25, -0.2) is 4.79 Å². The second-order valence-corrected chi connectivity index (χ2v) is 9.49. The van der Waals surface area contributed by atoms with E-state index in [0.29, 0.717) is 24.1 Å². The first-order chi connectivity index (χ1) is 15.6. The summed E-state index contributed by atoms with van der Waals surface area (Å²) in [7, 11) is 3.67. The number of piperidine rings is 3. The van der Waals surface area contributed by atoms with E-state index in [2.05, 4.69) is 38.5 Å². The van der Waals surface area contributed by atoms with Crippen molar-refractivity contribution >= 4 is 23.1 Å². The van der Waals surface area contributed by atoms with Crippen LogP contribution < -0.4 is 10.1 Å². The third-order valence-corrected chi connectivity index (χ3v) is 7.58. The molecule has 32 heavy (non-hydrogen) atoms. The van der Waals surface area contributed by atoms with Gasteiger partial charge in [0, 0.05) is 36.9 Å². The molecule has 3 fully saturated rings. The second-order valence-electron chi connectivity index (χ2n) is 8.55. The number of amides is 1. The van der Waals surface area contributed by atoms with E-state index in [0.717, 1.165) is 31.0 Å². The van der Waals surface area contributed by atoms with E-state index >= 15 is 0 Å². The summed E-state index contributed by atoms with van der Waals surface area (Å²) in [5.41, 5.74) is 3.06. The Labute approximate surface area is 191 Å². The van der Waals surface area contributed by atoms with Crippen LogP contribution in [0.25, 0.3) is 10.6 Å². The maximum absolute atomic E-state index is 12.3. The number of hydrogen-bond donors (Lipinski definition) is 1. The molecule has 1 unspecified atom stereocenters. The zero-order valence-corrected chi connectivity index (χ0v) is 19.2. The Morgan fingerprint density at radius 2 is 2.12 bits per heavy atom. The first-order valence-corrected chi connectivity index (χ1v) is 11.9. The fraction of sp³-hybridized carbons (Fsp3) is 0.417. The maximum atomic E-state index is 12.3. The van der Waals surface area contributed by atoms with Gasteiger partial charge >= 0.3 is 6.09 Å². The van der Waals surface area contributed by atoms with Crippen LogP contribution in [0.5, 0.6) is 5.75 Å². The van der Waals surface area contributed by atoms with Gasteiger partial charge in [0.2, 0.25) is 0 Å². The number of ether oxygens (including phenoxy) is 2. The smallest absolute Gasteiger partial charge is 0.411 e. The van der Waals surface area contributed by atoms with E-state index in [-0.39, 0.29) is 6.04 Å². The van der Waals surface area contributed by atoms with Gasteiger partial charge in [0.05, 0.1) is 12.0 Å². The van der Waals surface area contributed by atoms with Crippen LogP contribution in [0.4, 0.5) is 10.5 Å². The monoisotopic (exact) mass is 452 g/mol. The van der Waals surface area contributed by atoms with Gasteiger partial charge in [-0.2, -0.15) is 5.10 Å². The minimum Gasteiger partial charge on any atom is -0.497 e. The van der Waals surface area contributed by atoms with Crippen LogP contribution in [0.3, 0.4) is 0 Å². The van der Waals surface area contributed by atoms with Crippen molar-refractivity contribution in [2.75, 3.05) is 32.1 Å². The van der Waals surface area contributed by atoms with Crippen molar-refractivity contribution in [1.82, 2.24) is 14.7 Å². The molecule has 2 aromatic heterocycles. The number of aryl methyl sites for hydroxylation is 1. The molecule has 8 heteroatoms. The topological polar surface area (TPSA) is 68.6 Å². The van der Waals surface area contributed by atoms with Gasteiger partial charge in [-0.3, -0.25) is 14.9 Å². The standard InChI is InChI=1S/C24H28N4O3S/c1-27-22(13-21(26-27)23-4-3-11-32-23)20-14-28-10-9-16(20)12-18(28)15-31-24(29)25-17-5-7-19(30-2)8-6-17/h3-8,11,13,16,18,20H,9-10,12,14-15H2,1-2H3,(H,25,29)/t16-,18+,20-/m0/s1. The molecule has 3 aromatic rings. The van der Waals surface area contributed by atoms with E-state index in [1.54, 1.807) is 30.6 Å². The van der Waals surface area contributed by atoms with Gasteiger partial charge in [-0.15, -0.1) is 11.3 Å². The molecule has 0 spiro atoms. The highest BCUT2D eigenvalue weighted by Gasteiger charge is 2.42. The molecule has 0 aliphatic carbocycles. The Kier molecular flexibility index (Phi) is 5.89. The van der Waals surface area contributed by atoms with E-state index in [4.69, 9.17) is 14.6 Å². The predicted octanol–water partition coefficient (Wildman–Crippen LogP) is 4.58. The lowest BCUT2D eigenvalue weighted by Gasteiger charge is -2.49. The minimum absolute atomic E-state index is 0.275. The third kappa shape index (κ3) is 4.25. The summed E-state index contributed by atoms with van der Waals surface area (Å²) in [6.45, 7) is 2.46. The SMILES string of the molecule is COc1ccc(NC(=O)OC[C@H]2C[C@@H]3CCN2C[C@@H]3c2cc(-c3cccs3)nn2C)cc1. The van der Waals surface area contributed by atoms with Gasteiger partial charge in [0.25, 0.3) is 0 Å². The maximum Gasteiger partial charge on any atom is 0.411 e. The van der Waals surface area contributed by atoms with Crippen molar-refractivity contribution in [3.63, 3.8) is 0 Å². The Bertz CT molecular complexity index is 1060. The summed E-state index contributed by atoms with van der Waals surface area (Å²) in [6, 6.07) is 13.9. The number of aromatic nitrogens is 2. The average molecular weight is 453 g/mol. The Hall–Kier alpha value is -2.84. The molecule has 1 N–H and O–H groups in total. The Morgan fingerprint density at radius 3 is 2.81 bits per heavy atom. The lowest BCUT2D eigenvalue weighted by molar-refractivity contribution is -0.00222. The van der Waals surface area contributed by atoms with Gasteiger partial charge in [0.1, 0.15) is 18.1 Å². The third-order valence-electron chi connectivity index (χ3n) is 6.69. The van der Waals surface area contributed by atoms with E-state index < -0.39 is 6.09 Å². The van der Waals surface area contributed by atoms with Crippen molar-refractivity contribution in [2.45, 2.75) is 24.8 Å². The first-order valence-electron chi connectivity index (χ1n) is 11.0. The molecule has 3 saturated heterocycles. The molecule has 3 aliphatic heterocycles. The zero-order chi connectivity index (χ0) is 22.1. The number of hydrogen-bond acceptors (Lipinski definition) is 6. The van der Waals surface area contributed by atoms with Gasteiger partial charge < -0.3 is 9.47 Å². The lowest BCUT2D eigenvalue weighted by Crippen LogP contribution is -2.54. The predicted molar refractivity (Wildman–Crippen MR) is 125 cm³/mol. The molecule has 3 aliphatic rings. The van der Waals surface area contributed by atoms with Crippen molar-refractivity contribution in [2.24, 2.45) is 13.0 Å². The number of methoxy groups -OCH3 is 1. The number of benzene rings is 1. The van der Waals surface area contributed by atoms with Crippen molar-refractivity contribution in [1.29, 1.82) is 0 Å². The summed E-state index contributed by atoms with van der Waals surface area (Å²) in [5.74, 6) is 1.81. The number of nitrogens with one attached hydrogen (secondary N) is 1. The van der Waals surface area contributed by atoms with Gasteiger partial charge in [0.15, 0.2) is 0 Å². The highest BCUT2D eigenvalue weighted by Crippen LogP contribution is 2.42. The lowest BCUT2D eigenvalue weighted by atomic mass is 9.74. The number of carbonyl (C=O) groups excluding carboxylic acids is 1.